The summed E-state index contributed by atoms with van der Waals surface area (Å²) in [6, 6.07) is 3.61. The molecule has 1 aromatic heterocycles. The number of hydrogen-bond donors (Lipinski definition) is 3. The highest BCUT2D eigenvalue weighted by atomic mass is 16.5. The molecule has 8 nitrogen and oxygen atoms in total. The molecule has 0 spiro atoms. The van der Waals surface area contributed by atoms with Crippen LogP contribution in [0.1, 0.15) is 31.9 Å². The molecule has 0 atom stereocenters. The van der Waals surface area contributed by atoms with Gasteiger partial charge in [-0.05, 0) is 44.2 Å². The molecule has 0 aromatic carbocycles. The molecule has 0 aliphatic carbocycles. The summed E-state index contributed by atoms with van der Waals surface area (Å²) in [5.74, 6) is 1.84. The topological polar surface area (TPSA) is 97.1 Å². The predicted molar refractivity (Wildman–Crippen MR) is 104 cm³/mol. The van der Waals surface area contributed by atoms with Gasteiger partial charge in [-0.2, -0.15) is 0 Å². The molecule has 27 heavy (non-hydrogen) atoms. The van der Waals surface area contributed by atoms with Crippen LogP contribution in [-0.2, 0) is 20.8 Å². The van der Waals surface area contributed by atoms with Crippen LogP contribution in [0.5, 0.6) is 0 Å². The Kier molecular flexibility index (Phi) is 10.4. The van der Waals surface area contributed by atoms with Gasteiger partial charge in [0, 0.05) is 39.5 Å². The van der Waals surface area contributed by atoms with E-state index in [1.807, 2.05) is 13.0 Å². The minimum absolute atomic E-state index is 0.0658. The highest BCUT2D eigenvalue weighted by Crippen LogP contribution is 2.14. The Bertz CT molecular complexity index is 542. The summed E-state index contributed by atoms with van der Waals surface area (Å²) in [5.41, 5.74) is 0. The van der Waals surface area contributed by atoms with E-state index in [2.05, 4.69) is 20.9 Å². The molecule has 0 bridgehead atoms. The van der Waals surface area contributed by atoms with Crippen molar-refractivity contribution in [2.45, 2.75) is 32.7 Å². The third-order valence-corrected chi connectivity index (χ3v) is 4.22. The van der Waals surface area contributed by atoms with Crippen LogP contribution in [0.2, 0.25) is 0 Å². The summed E-state index contributed by atoms with van der Waals surface area (Å²) in [5, 5.41) is 9.13. The van der Waals surface area contributed by atoms with Crippen molar-refractivity contribution in [1.82, 2.24) is 16.0 Å². The van der Waals surface area contributed by atoms with E-state index in [0.717, 1.165) is 57.9 Å². The van der Waals surface area contributed by atoms with Crippen LogP contribution in [0, 0.1) is 5.92 Å². The summed E-state index contributed by atoms with van der Waals surface area (Å²) >= 11 is 0. The lowest BCUT2D eigenvalue weighted by atomic mass is 10.0. The average molecular weight is 380 g/mol. The SMILES string of the molecule is CCNC(=NCC(=O)NCc1ccco1)NCCCOCC1CCOCC1. The first-order valence-electron chi connectivity index (χ1n) is 9.74. The Hall–Kier alpha value is -2.06. The summed E-state index contributed by atoms with van der Waals surface area (Å²) in [4.78, 5) is 16.2. The van der Waals surface area contributed by atoms with Crippen LogP contribution in [0.3, 0.4) is 0 Å². The maximum Gasteiger partial charge on any atom is 0.242 e. The van der Waals surface area contributed by atoms with Gasteiger partial charge < -0.3 is 29.8 Å². The second-order valence-corrected chi connectivity index (χ2v) is 6.46. The van der Waals surface area contributed by atoms with Gasteiger partial charge in [-0.1, -0.05) is 0 Å². The number of nitrogens with zero attached hydrogens (tertiary/aromatic N) is 1. The average Bonchev–Trinajstić information content (AvgIpc) is 3.21. The molecule has 3 N–H and O–H groups in total. The monoisotopic (exact) mass is 380 g/mol. The van der Waals surface area contributed by atoms with E-state index < -0.39 is 0 Å². The van der Waals surface area contributed by atoms with Crippen molar-refractivity contribution in [3.63, 3.8) is 0 Å². The van der Waals surface area contributed by atoms with Crippen molar-refractivity contribution in [2.75, 3.05) is 46.1 Å². The lowest BCUT2D eigenvalue weighted by molar-refractivity contribution is -0.119. The lowest BCUT2D eigenvalue weighted by Crippen LogP contribution is -2.39. The molecule has 152 valence electrons. The quantitative estimate of drug-likeness (QED) is 0.304. The molecular formula is C19H32N4O4. The summed E-state index contributed by atoms with van der Waals surface area (Å²) in [6.07, 6.45) is 4.66. The molecule has 1 aliphatic rings. The van der Waals surface area contributed by atoms with E-state index in [-0.39, 0.29) is 12.5 Å². The second-order valence-electron chi connectivity index (χ2n) is 6.46. The largest absolute Gasteiger partial charge is 0.467 e. The first-order chi connectivity index (χ1) is 13.3. The molecule has 0 saturated carbocycles. The number of rotatable bonds is 11. The number of aliphatic imine (C=N–C) groups is 1. The van der Waals surface area contributed by atoms with Crippen LogP contribution in [-0.4, -0.2) is 57.9 Å². The zero-order valence-corrected chi connectivity index (χ0v) is 16.2. The van der Waals surface area contributed by atoms with Crippen LogP contribution in [0.4, 0.5) is 0 Å². The maximum absolute atomic E-state index is 11.9. The number of amides is 1. The molecule has 1 aliphatic heterocycles. The molecule has 1 aromatic rings. The molecule has 2 rings (SSSR count). The molecule has 2 heterocycles. The molecule has 0 unspecified atom stereocenters. The Morgan fingerprint density at radius 2 is 2.15 bits per heavy atom. The van der Waals surface area contributed by atoms with E-state index >= 15 is 0 Å². The molecule has 0 radical (unpaired) electrons. The van der Waals surface area contributed by atoms with Crippen LogP contribution >= 0.6 is 0 Å². The molecule has 8 heteroatoms. The van der Waals surface area contributed by atoms with E-state index in [9.17, 15) is 4.79 Å². The van der Waals surface area contributed by atoms with E-state index in [1.54, 1.807) is 12.3 Å². The summed E-state index contributed by atoms with van der Waals surface area (Å²) < 4.78 is 16.3. The van der Waals surface area contributed by atoms with Crippen molar-refractivity contribution < 1.29 is 18.7 Å². The number of carbonyl (C=O) groups is 1. The fourth-order valence-electron chi connectivity index (χ4n) is 2.69. The number of hydrogen-bond acceptors (Lipinski definition) is 5. The van der Waals surface area contributed by atoms with E-state index in [1.165, 1.54) is 0 Å². The van der Waals surface area contributed by atoms with E-state index in [0.29, 0.717) is 25.0 Å². The van der Waals surface area contributed by atoms with Crippen LogP contribution in [0.25, 0.3) is 0 Å². The third kappa shape index (κ3) is 9.44. The number of guanidine groups is 1. The highest BCUT2D eigenvalue weighted by molar-refractivity contribution is 5.84. The highest BCUT2D eigenvalue weighted by Gasteiger charge is 2.13. The van der Waals surface area contributed by atoms with Crippen molar-refractivity contribution in [1.29, 1.82) is 0 Å². The van der Waals surface area contributed by atoms with Gasteiger partial charge in [0.2, 0.25) is 5.91 Å². The van der Waals surface area contributed by atoms with Gasteiger partial charge in [0.1, 0.15) is 12.3 Å². The standard InChI is InChI=1S/C19H32N4O4/c1-2-20-19(23-14-18(24)22-13-17-5-3-10-27-17)21-8-4-9-26-15-16-6-11-25-12-7-16/h3,5,10,16H,2,4,6-9,11-15H2,1H3,(H,22,24)(H2,20,21,23). The van der Waals surface area contributed by atoms with Crippen molar-refractivity contribution in [3.05, 3.63) is 24.2 Å². The minimum atomic E-state index is -0.150. The smallest absolute Gasteiger partial charge is 0.242 e. The zero-order valence-electron chi connectivity index (χ0n) is 16.2. The Morgan fingerprint density at radius 3 is 2.89 bits per heavy atom. The van der Waals surface area contributed by atoms with Crippen molar-refractivity contribution in [3.8, 4) is 0 Å². The van der Waals surface area contributed by atoms with Gasteiger partial charge in [0.05, 0.1) is 12.8 Å². The minimum Gasteiger partial charge on any atom is -0.467 e. The molecular weight excluding hydrogens is 348 g/mol. The third-order valence-electron chi connectivity index (χ3n) is 4.22. The van der Waals surface area contributed by atoms with E-state index in [4.69, 9.17) is 13.9 Å². The number of carbonyl (C=O) groups excluding carboxylic acids is 1. The second kappa shape index (κ2) is 13.2. The fourth-order valence-corrected chi connectivity index (χ4v) is 2.69. The van der Waals surface area contributed by atoms with Gasteiger partial charge in [0.15, 0.2) is 5.96 Å². The van der Waals surface area contributed by atoms with Crippen molar-refractivity contribution >= 4 is 11.9 Å². The first-order valence-corrected chi connectivity index (χ1v) is 9.74. The molecule has 1 amide bonds. The first kappa shape index (κ1) is 21.2. The fraction of sp³-hybridized carbons (Fsp3) is 0.684. The van der Waals surface area contributed by atoms with Gasteiger partial charge in [-0.3, -0.25) is 4.79 Å². The van der Waals surface area contributed by atoms with Gasteiger partial charge in [-0.25, -0.2) is 4.99 Å². The van der Waals surface area contributed by atoms with Crippen LogP contribution in [0.15, 0.2) is 27.8 Å². The number of ether oxygens (including phenoxy) is 2. The predicted octanol–water partition coefficient (Wildman–Crippen LogP) is 1.28. The van der Waals surface area contributed by atoms with Gasteiger partial charge >= 0.3 is 0 Å². The van der Waals surface area contributed by atoms with Crippen LogP contribution < -0.4 is 16.0 Å². The Morgan fingerprint density at radius 1 is 1.30 bits per heavy atom. The normalized spacial score (nSPS) is 15.5. The Labute approximate surface area is 161 Å². The summed E-state index contributed by atoms with van der Waals surface area (Å²) in [6.45, 7) is 7.14. The van der Waals surface area contributed by atoms with Gasteiger partial charge in [0.25, 0.3) is 0 Å². The number of furan rings is 1. The molecule has 1 fully saturated rings. The van der Waals surface area contributed by atoms with Gasteiger partial charge in [-0.15, -0.1) is 0 Å². The van der Waals surface area contributed by atoms with Crippen molar-refractivity contribution in [2.24, 2.45) is 10.9 Å². The molecule has 1 saturated heterocycles. The zero-order chi connectivity index (χ0) is 19.2. The maximum atomic E-state index is 11.9. The summed E-state index contributed by atoms with van der Waals surface area (Å²) in [7, 11) is 0. The lowest BCUT2D eigenvalue weighted by Gasteiger charge is -2.21. The number of nitrogens with one attached hydrogen (secondary N) is 3. The Balaban J connectivity index is 1.56.